The normalized spacial score (nSPS) is 11.2. The number of rotatable bonds is 6. The van der Waals surface area contributed by atoms with Gasteiger partial charge < -0.3 is 5.32 Å². The third-order valence-electron chi connectivity index (χ3n) is 3.31. The van der Waals surface area contributed by atoms with Crippen LogP contribution in [0.3, 0.4) is 0 Å². The van der Waals surface area contributed by atoms with Crippen LogP contribution in [-0.4, -0.2) is 27.1 Å². The molecule has 0 aliphatic heterocycles. The molecule has 2 aromatic carbocycles. The fourth-order valence-corrected chi connectivity index (χ4v) is 2.97. The maximum Gasteiger partial charge on any atom is 0.241 e. The molecule has 0 aromatic heterocycles. The molecule has 0 saturated heterocycles. The largest absolute Gasteiger partial charge is 0.350 e. The Kier molecular flexibility index (Phi) is 5.68. The van der Waals surface area contributed by atoms with E-state index in [1.165, 1.54) is 18.2 Å². The van der Waals surface area contributed by atoms with Crippen molar-refractivity contribution in [1.82, 2.24) is 5.32 Å². The lowest BCUT2D eigenvalue weighted by Gasteiger charge is -2.22. The predicted octanol–water partition coefficient (Wildman–Crippen LogP) is 2.19. The molecule has 1 N–H and O–H groups in total. The number of para-hydroxylation sites is 1. The van der Waals surface area contributed by atoms with Crippen LogP contribution in [0, 0.1) is 17.5 Å². The molecule has 25 heavy (non-hydrogen) atoms. The summed E-state index contributed by atoms with van der Waals surface area (Å²) in [4.78, 5) is 12.0. The highest BCUT2D eigenvalue weighted by Gasteiger charge is 2.26. The number of hydrogen-bond donors (Lipinski definition) is 1. The van der Waals surface area contributed by atoms with Crippen molar-refractivity contribution in [2.75, 3.05) is 17.1 Å². The van der Waals surface area contributed by atoms with Gasteiger partial charge in [0, 0.05) is 12.1 Å². The fourth-order valence-electron chi connectivity index (χ4n) is 2.11. The highest BCUT2D eigenvalue weighted by Crippen LogP contribution is 2.25. The van der Waals surface area contributed by atoms with Crippen molar-refractivity contribution in [2.24, 2.45) is 0 Å². The first kappa shape index (κ1) is 18.8. The summed E-state index contributed by atoms with van der Waals surface area (Å²) in [7, 11) is -4.13. The molecular weight excluding hydrogens is 357 g/mol. The Balaban J connectivity index is 2.18. The Labute approximate surface area is 143 Å². The van der Waals surface area contributed by atoms with Crippen LogP contribution >= 0.6 is 0 Å². The minimum absolute atomic E-state index is 0.192. The van der Waals surface area contributed by atoms with Crippen LogP contribution in [0.15, 0.2) is 42.5 Å². The van der Waals surface area contributed by atoms with Crippen LogP contribution < -0.4 is 9.62 Å². The molecule has 0 aliphatic carbocycles. The molecule has 0 fully saturated rings. The van der Waals surface area contributed by atoms with Crippen LogP contribution in [0.25, 0.3) is 0 Å². The number of nitrogens with zero attached hydrogens (tertiary/aromatic N) is 1. The van der Waals surface area contributed by atoms with Gasteiger partial charge in [0.05, 0.1) is 6.26 Å². The van der Waals surface area contributed by atoms with E-state index in [2.05, 4.69) is 5.32 Å². The van der Waals surface area contributed by atoms with Gasteiger partial charge in [0.1, 0.15) is 18.0 Å². The van der Waals surface area contributed by atoms with Crippen molar-refractivity contribution in [1.29, 1.82) is 0 Å². The highest BCUT2D eigenvalue weighted by atomic mass is 32.2. The number of nitrogens with one attached hydrogen (secondary N) is 1. The maximum absolute atomic E-state index is 13.9. The van der Waals surface area contributed by atoms with Crippen molar-refractivity contribution in [3.05, 3.63) is 65.5 Å². The van der Waals surface area contributed by atoms with E-state index in [4.69, 9.17) is 0 Å². The number of anilines is 1. The number of hydrogen-bond acceptors (Lipinski definition) is 3. The highest BCUT2D eigenvalue weighted by molar-refractivity contribution is 7.92. The average molecular weight is 372 g/mol. The van der Waals surface area contributed by atoms with Gasteiger partial charge in [-0.3, -0.25) is 9.10 Å². The molecule has 134 valence electrons. The Bertz CT molecular complexity index is 868. The van der Waals surface area contributed by atoms with E-state index in [9.17, 15) is 26.4 Å². The van der Waals surface area contributed by atoms with Crippen molar-refractivity contribution < 1.29 is 26.4 Å². The molecule has 1 amide bonds. The summed E-state index contributed by atoms with van der Waals surface area (Å²) in [5.74, 6) is -3.61. The topological polar surface area (TPSA) is 66.5 Å². The monoisotopic (exact) mass is 372 g/mol. The molecule has 0 spiro atoms. The molecular formula is C16H15F3N2O3S. The standard InChI is InChI=1S/C16H15F3N2O3S/c1-25(23,24)21(16-13(18)7-4-8-14(16)19)10-15(22)20-9-11-5-2-3-6-12(11)17/h2-8H,9-10H2,1H3,(H,20,22). The number of benzene rings is 2. The van der Waals surface area contributed by atoms with Gasteiger partial charge in [-0.2, -0.15) is 0 Å². The van der Waals surface area contributed by atoms with E-state index in [1.807, 2.05) is 0 Å². The average Bonchev–Trinajstić information content (AvgIpc) is 2.52. The van der Waals surface area contributed by atoms with Crippen molar-refractivity contribution >= 4 is 21.6 Å². The van der Waals surface area contributed by atoms with Crippen molar-refractivity contribution in [3.8, 4) is 0 Å². The van der Waals surface area contributed by atoms with Gasteiger partial charge in [-0.25, -0.2) is 21.6 Å². The van der Waals surface area contributed by atoms with Crippen LogP contribution in [0.1, 0.15) is 5.56 Å². The molecule has 0 radical (unpaired) electrons. The Morgan fingerprint density at radius 3 is 2.12 bits per heavy atom. The maximum atomic E-state index is 13.9. The summed E-state index contributed by atoms with van der Waals surface area (Å²) in [6, 6.07) is 8.54. The summed E-state index contributed by atoms with van der Waals surface area (Å²) in [6.07, 6.45) is 0.725. The molecule has 0 atom stereocenters. The minimum Gasteiger partial charge on any atom is -0.350 e. The van der Waals surface area contributed by atoms with Gasteiger partial charge in [0.2, 0.25) is 15.9 Å². The smallest absolute Gasteiger partial charge is 0.241 e. The zero-order valence-electron chi connectivity index (χ0n) is 13.2. The van der Waals surface area contributed by atoms with Gasteiger partial charge in [0.15, 0.2) is 11.6 Å². The van der Waals surface area contributed by atoms with E-state index in [0.29, 0.717) is 4.31 Å². The van der Waals surface area contributed by atoms with Crippen molar-refractivity contribution in [3.63, 3.8) is 0 Å². The molecule has 2 aromatic rings. The van der Waals surface area contributed by atoms with E-state index >= 15 is 0 Å². The zero-order chi connectivity index (χ0) is 18.6. The number of amides is 1. The number of carbonyl (C=O) groups excluding carboxylic acids is 1. The summed E-state index contributed by atoms with van der Waals surface area (Å²) < 4.78 is 65.3. The van der Waals surface area contributed by atoms with Gasteiger partial charge in [-0.1, -0.05) is 24.3 Å². The van der Waals surface area contributed by atoms with Crippen molar-refractivity contribution in [2.45, 2.75) is 6.54 Å². The van der Waals surface area contributed by atoms with Crippen LogP contribution in [0.5, 0.6) is 0 Å². The molecule has 0 unspecified atom stereocenters. The van der Waals surface area contributed by atoms with E-state index in [0.717, 1.165) is 24.5 Å². The predicted molar refractivity (Wildman–Crippen MR) is 86.8 cm³/mol. The van der Waals surface area contributed by atoms with Gasteiger partial charge in [-0.15, -0.1) is 0 Å². The Morgan fingerprint density at radius 1 is 1.00 bits per heavy atom. The SMILES string of the molecule is CS(=O)(=O)N(CC(=O)NCc1ccccc1F)c1c(F)cccc1F. The van der Waals surface area contributed by atoms with Crippen LogP contribution in [-0.2, 0) is 21.4 Å². The third-order valence-corrected chi connectivity index (χ3v) is 4.42. The number of halogens is 3. The quantitative estimate of drug-likeness (QED) is 0.845. The summed E-state index contributed by atoms with van der Waals surface area (Å²) in [5.41, 5.74) is -0.648. The molecule has 0 saturated carbocycles. The van der Waals surface area contributed by atoms with Crippen LogP contribution in [0.2, 0.25) is 0 Å². The van der Waals surface area contributed by atoms with Crippen LogP contribution in [0.4, 0.5) is 18.9 Å². The first-order chi connectivity index (χ1) is 11.7. The first-order valence-corrected chi connectivity index (χ1v) is 8.97. The third kappa shape index (κ3) is 4.72. The first-order valence-electron chi connectivity index (χ1n) is 7.12. The summed E-state index contributed by atoms with van der Waals surface area (Å²) in [6.45, 7) is -1.03. The minimum atomic E-state index is -4.13. The molecule has 0 heterocycles. The Morgan fingerprint density at radius 2 is 1.56 bits per heavy atom. The zero-order valence-corrected chi connectivity index (χ0v) is 14.0. The van der Waals surface area contributed by atoms with Gasteiger partial charge in [0.25, 0.3) is 0 Å². The molecule has 2 rings (SSSR count). The summed E-state index contributed by atoms with van der Waals surface area (Å²) in [5, 5.41) is 2.32. The molecule has 0 aliphatic rings. The van der Waals surface area contributed by atoms with E-state index in [-0.39, 0.29) is 12.1 Å². The number of sulfonamides is 1. The van der Waals surface area contributed by atoms with E-state index in [1.54, 1.807) is 6.07 Å². The summed E-state index contributed by atoms with van der Waals surface area (Å²) >= 11 is 0. The second-order valence-electron chi connectivity index (χ2n) is 5.21. The lowest BCUT2D eigenvalue weighted by molar-refractivity contribution is -0.119. The fraction of sp³-hybridized carbons (Fsp3) is 0.188. The Hall–Kier alpha value is -2.55. The molecule has 0 bridgehead atoms. The van der Waals surface area contributed by atoms with Gasteiger partial charge >= 0.3 is 0 Å². The second kappa shape index (κ2) is 7.56. The van der Waals surface area contributed by atoms with Gasteiger partial charge in [-0.05, 0) is 18.2 Å². The van der Waals surface area contributed by atoms with E-state index < -0.39 is 45.6 Å². The second-order valence-corrected chi connectivity index (χ2v) is 7.11. The molecule has 5 nitrogen and oxygen atoms in total. The lowest BCUT2D eigenvalue weighted by atomic mass is 10.2. The molecule has 9 heteroatoms. The lowest BCUT2D eigenvalue weighted by Crippen LogP contribution is -2.41. The number of carbonyl (C=O) groups is 1.